The molecular formula is C28H25FN2O6. The van der Waals surface area contributed by atoms with Crippen molar-refractivity contribution in [2.45, 2.75) is 20.5 Å². The standard InChI is InChI=1S/C28H25FN2O6/c1-3-35-22-11-9-21(10-12-22)31-27(33)23(26(32)30-28(31)34)15-18-8-13-24(25(16-18)36-4-2)37-17-19-6-5-7-20(29)14-19/h5-16H,3-4,17H2,1-2H3,(H,30,32,34)/b23-15+. The van der Waals surface area contributed by atoms with Gasteiger partial charge in [-0.2, -0.15) is 0 Å². The second-order valence-electron chi connectivity index (χ2n) is 7.94. The average Bonchev–Trinajstić information content (AvgIpc) is 2.87. The van der Waals surface area contributed by atoms with E-state index in [0.29, 0.717) is 47.3 Å². The normalized spacial score (nSPS) is 14.5. The van der Waals surface area contributed by atoms with Gasteiger partial charge in [0.05, 0.1) is 18.9 Å². The van der Waals surface area contributed by atoms with Gasteiger partial charge in [0.2, 0.25) is 0 Å². The van der Waals surface area contributed by atoms with E-state index < -0.39 is 17.8 Å². The number of halogens is 1. The summed E-state index contributed by atoms with van der Waals surface area (Å²) in [6, 6.07) is 16.5. The highest BCUT2D eigenvalue weighted by atomic mass is 19.1. The molecule has 3 aromatic carbocycles. The molecule has 1 saturated heterocycles. The van der Waals surface area contributed by atoms with E-state index in [2.05, 4.69) is 5.32 Å². The number of carbonyl (C=O) groups is 3. The average molecular weight is 505 g/mol. The fraction of sp³-hybridized carbons (Fsp3) is 0.179. The van der Waals surface area contributed by atoms with Crippen molar-refractivity contribution in [1.82, 2.24) is 5.32 Å². The van der Waals surface area contributed by atoms with Crippen LogP contribution in [0.1, 0.15) is 25.0 Å². The van der Waals surface area contributed by atoms with Gasteiger partial charge in [0.15, 0.2) is 11.5 Å². The van der Waals surface area contributed by atoms with Crippen LogP contribution in [0.3, 0.4) is 0 Å². The number of imide groups is 2. The largest absolute Gasteiger partial charge is 0.494 e. The second kappa shape index (κ2) is 11.4. The molecule has 3 aromatic rings. The fourth-order valence-corrected chi connectivity index (χ4v) is 3.71. The molecule has 0 atom stereocenters. The molecule has 1 N–H and O–H groups in total. The Hall–Kier alpha value is -4.66. The number of barbiturate groups is 1. The number of urea groups is 1. The summed E-state index contributed by atoms with van der Waals surface area (Å²) in [5, 5.41) is 2.20. The molecule has 0 aromatic heterocycles. The van der Waals surface area contributed by atoms with E-state index in [4.69, 9.17) is 14.2 Å². The molecule has 190 valence electrons. The molecule has 0 radical (unpaired) electrons. The van der Waals surface area contributed by atoms with Crippen molar-refractivity contribution in [1.29, 1.82) is 0 Å². The number of carbonyl (C=O) groups excluding carboxylic acids is 3. The molecule has 1 fully saturated rings. The predicted molar refractivity (Wildman–Crippen MR) is 135 cm³/mol. The van der Waals surface area contributed by atoms with Crippen molar-refractivity contribution in [2.24, 2.45) is 0 Å². The molecule has 37 heavy (non-hydrogen) atoms. The van der Waals surface area contributed by atoms with Crippen LogP contribution < -0.4 is 24.4 Å². The molecule has 0 bridgehead atoms. The topological polar surface area (TPSA) is 94.2 Å². The van der Waals surface area contributed by atoms with E-state index in [-0.39, 0.29) is 18.0 Å². The predicted octanol–water partition coefficient (Wildman–Crippen LogP) is 4.87. The summed E-state index contributed by atoms with van der Waals surface area (Å²) in [6.45, 7) is 4.59. The van der Waals surface area contributed by atoms with Gasteiger partial charge in [-0.25, -0.2) is 14.1 Å². The van der Waals surface area contributed by atoms with E-state index in [9.17, 15) is 18.8 Å². The van der Waals surface area contributed by atoms with Crippen LogP contribution in [0.4, 0.5) is 14.9 Å². The molecule has 0 unspecified atom stereocenters. The van der Waals surface area contributed by atoms with Gasteiger partial charge in [-0.05, 0) is 79.6 Å². The van der Waals surface area contributed by atoms with Crippen molar-refractivity contribution >= 4 is 29.6 Å². The molecule has 1 aliphatic heterocycles. The van der Waals surface area contributed by atoms with Crippen LogP contribution in [-0.4, -0.2) is 31.1 Å². The van der Waals surface area contributed by atoms with E-state index in [1.807, 2.05) is 6.92 Å². The Labute approximate surface area is 213 Å². The smallest absolute Gasteiger partial charge is 0.335 e. The number of nitrogens with one attached hydrogen (secondary N) is 1. The molecule has 8 nitrogen and oxygen atoms in total. The first-order chi connectivity index (χ1) is 17.9. The van der Waals surface area contributed by atoms with E-state index in [1.54, 1.807) is 61.5 Å². The summed E-state index contributed by atoms with van der Waals surface area (Å²) in [6.07, 6.45) is 1.38. The Morgan fingerprint density at radius 1 is 0.865 bits per heavy atom. The van der Waals surface area contributed by atoms with Gasteiger partial charge >= 0.3 is 6.03 Å². The minimum atomic E-state index is -0.840. The second-order valence-corrected chi connectivity index (χ2v) is 7.94. The molecule has 0 spiro atoms. The first-order valence-corrected chi connectivity index (χ1v) is 11.7. The molecule has 0 aliphatic carbocycles. The van der Waals surface area contributed by atoms with Crippen LogP contribution in [0.5, 0.6) is 17.2 Å². The Morgan fingerprint density at radius 2 is 1.62 bits per heavy atom. The lowest BCUT2D eigenvalue weighted by Gasteiger charge is -2.26. The molecule has 9 heteroatoms. The van der Waals surface area contributed by atoms with Crippen molar-refractivity contribution in [3.05, 3.63) is 89.2 Å². The van der Waals surface area contributed by atoms with E-state index in [0.717, 1.165) is 4.90 Å². The summed E-state index contributed by atoms with van der Waals surface area (Å²) >= 11 is 0. The van der Waals surface area contributed by atoms with Gasteiger partial charge in [-0.15, -0.1) is 0 Å². The zero-order valence-electron chi connectivity index (χ0n) is 20.3. The number of hydrogen-bond acceptors (Lipinski definition) is 6. The number of anilines is 1. The monoisotopic (exact) mass is 504 g/mol. The van der Waals surface area contributed by atoms with Gasteiger partial charge < -0.3 is 14.2 Å². The number of amides is 4. The summed E-state index contributed by atoms with van der Waals surface area (Å²) in [7, 11) is 0. The number of hydrogen-bond donors (Lipinski definition) is 1. The van der Waals surface area contributed by atoms with Crippen LogP contribution in [0.15, 0.2) is 72.3 Å². The number of ether oxygens (including phenoxy) is 3. The van der Waals surface area contributed by atoms with Crippen molar-refractivity contribution in [3.8, 4) is 17.2 Å². The molecule has 4 amide bonds. The third-order valence-corrected chi connectivity index (χ3v) is 5.37. The van der Waals surface area contributed by atoms with Crippen molar-refractivity contribution in [2.75, 3.05) is 18.1 Å². The van der Waals surface area contributed by atoms with Gasteiger partial charge in [0, 0.05) is 0 Å². The van der Waals surface area contributed by atoms with E-state index >= 15 is 0 Å². The zero-order valence-corrected chi connectivity index (χ0v) is 20.3. The lowest BCUT2D eigenvalue weighted by atomic mass is 10.1. The zero-order chi connectivity index (χ0) is 26.4. The Morgan fingerprint density at radius 3 is 2.32 bits per heavy atom. The minimum Gasteiger partial charge on any atom is -0.494 e. The number of benzene rings is 3. The van der Waals surface area contributed by atoms with Crippen molar-refractivity contribution < 1.29 is 33.0 Å². The Kier molecular flexibility index (Phi) is 7.83. The van der Waals surface area contributed by atoms with Crippen LogP contribution >= 0.6 is 0 Å². The number of nitrogens with zero attached hydrogens (tertiary/aromatic N) is 1. The lowest BCUT2D eigenvalue weighted by molar-refractivity contribution is -0.122. The van der Waals surface area contributed by atoms with Gasteiger partial charge in [0.25, 0.3) is 11.8 Å². The van der Waals surface area contributed by atoms with Gasteiger partial charge in [-0.1, -0.05) is 18.2 Å². The van der Waals surface area contributed by atoms with Crippen LogP contribution in [-0.2, 0) is 16.2 Å². The van der Waals surface area contributed by atoms with Crippen LogP contribution in [0, 0.1) is 5.82 Å². The van der Waals surface area contributed by atoms with Crippen molar-refractivity contribution in [3.63, 3.8) is 0 Å². The third kappa shape index (κ3) is 5.95. The maximum Gasteiger partial charge on any atom is 0.335 e. The fourth-order valence-electron chi connectivity index (χ4n) is 3.71. The molecular weight excluding hydrogens is 479 g/mol. The summed E-state index contributed by atoms with van der Waals surface area (Å²) < 4.78 is 30.4. The summed E-state index contributed by atoms with van der Waals surface area (Å²) in [5.74, 6) is -0.536. The maximum absolute atomic E-state index is 13.5. The number of rotatable bonds is 9. The van der Waals surface area contributed by atoms with Gasteiger partial charge in [0.1, 0.15) is 23.7 Å². The quantitative estimate of drug-likeness (QED) is 0.330. The summed E-state index contributed by atoms with van der Waals surface area (Å²) in [5.41, 5.74) is 1.21. The molecule has 0 saturated carbocycles. The first kappa shape index (κ1) is 25.4. The highest BCUT2D eigenvalue weighted by Crippen LogP contribution is 2.31. The third-order valence-electron chi connectivity index (χ3n) is 5.37. The molecule has 1 aliphatic rings. The Bertz CT molecular complexity index is 1350. The highest BCUT2D eigenvalue weighted by molar-refractivity contribution is 6.39. The van der Waals surface area contributed by atoms with Crippen LogP contribution in [0.25, 0.3) is 6.08 Å². The highest BCUT2D eigenvalue weighted by Gasteiger charge is 2.36. The first-order valence-electron chi connectivity index (χ1n) is 11.7. The summed E-state index contributed by atoms with van der Waals surface area (Å²) in [4.78, 5) is 39.1. The molecule has 4 rings (SSSR count). The Balaban J connectivity index is 1.59. The lowest BCUT2D eigenvalue weighted by Crippen LogP contribution is -2.54. The SMILES string of the molecule is CCOc1ccc(N2C(=O)NC(=O)/C(=C\c3ccc(OCc4cccc(F)c4)c(OCC)c3)C2=O)cc1. The van der Waals surface area contributed by atoms with Gasteiger partial charge in [-0.3, -0.25) is 14.9 Å². The maximum atomic E-state index is 13.5. The van der Waals surface area contributed by atoms with Crippen LogP contribution in [0.2, 0.25) is 0 Å². The molecule has 1 heterocycles. The van der Waals surface area contributed by atoms with E-state index in [1.165, 1.54) is 18.2 Å². The minimum absolute atomic E-state index is 0.123.